The molecule has 0 saturated carbocycles. The molecule has 0 bridgehead atoms. The minimum absolute atomic E-state index is 0.0235. The van der Waals surface area contributed by atoms with Crippen molar-refractivity contribution in [3.63, 3.8) is 0 Å². The molecule has 2 rings (SSSR count). The van der Waals surface area contributed by atoms with Crippen molar-refractivity contribution in [2.45, 2.75) is 81.5 Å². The maximum atomic E-state index is 13.0. The van der Waals surface area contributed by atoms with Crippen LogP contribution < -0.4 is 10.6 Å². The minimum Gasteiger partial charge on any atom is -0.388 e. The molecule has 0 aromatic heterocycles. The molecule has 29 heavy (non-hydrogen) atoms. The fourth-order valence-electron chi connectivity index (χ4n) is 4.23. The molecule has 2 heterocycles. The number of thioether (sulfide) groups is 1. The fraction of sp³-hybridized carbons (Fsp3) is 0.950. The monoisotopic (exact) mass is 434 g/mol. The molecule has 8 nitrogen and oxygen atoms in total. The van der Waals surface area contributed by atoms with Crippen molar-refractivity contribution in [1.82, 2.24) is 10.6 Å². The van der Waals surface area contributed by atoms with Gasteiger partial charge in [-0.2, -0.15) is 0 Å². The van der Waals surface area contributed by atoms with Crippen LogP contribution in [-0.2, 0) is 14.3 Å². The highest BCUT2D eigenvalue weighted by atomic mass is 32.2. The Labute approximate surface area is 178 Å². The lowest BCUT2D eigenvalue weighted by atomic mass is 9.86. The summed E-state index contributed by atoms with van der Waals surface area (Å²) in [7, 11) is 1.70. The van der Waals surface area contributed by atoms with E-state index in [4.69, 9.17) is 9.47 Å². The van der Waals surface area contributed by atoms with E-state index in [1.165, 1.54) is 11.8 Å². The van der Waals surface area contributed by atoms with E-state index in [9.17, 15) is 20.1 Å². The first-order valence-electron chi connectivity index (χ1n) is 10.5. The summed E-state index contributed by atoms with van der Waals surface area (Å²) >= 11 is 1.27. The summed E-state index contributed by atoms with van der Waals surface area (Å²) in [6.45, 7) is 5.41. The fourth-order valence-corrected chi connectivity index (χ4v) is 4.91. The van der Waals surface area contributed by atoms with Crippen molar-refractivity contribution < 1.29 is 29.6 Å². The Hall–Kier alpha value is -0.420. The average Bonchev–Trinajstić information content (AvgIpc) is 2.71. The van der Waals surface area contributed by atoms with E-state index in [0.717, 1.165) is 38.8 Å². The third kappa shape index (κ3) is 6.53. The van der Waals surface area contributed by atoms with E-state index in [1.807, 2.05) is 13.8 Å². The first-order valence-corrected chi connectivity index (χ1v) is 11.8. The molecule has 5 N–H and O–H groups in total. The lowest BCUT2D eigenvalue weighted by Crippen LogP contribution is -2.65. The van der Waals surface area contributed by atoms with Gasteiger partial charge in [0, 0.05) is 13.7 Å². The van der Waals surface area contributed by atoms with Gasteiger partial charge in [0.15, 0.2) is 0 Å². The molecule has 2 aliphatic heterocycles. The molecular formula is C20H38N2O6S. The smallest absolute Gasteiger partial charge is 0.237 e. The Kier molecular flexibility index (Phi) is 10.1. The molecule has 2 aliphatic rings. The van der Waals surface area contributed by atoms with E-state index in [1.54, 1.807) is 13.4 Å². The van der Waals surface area contributed by atoms with Crippen LogP contribution in [0, 0.1) is 11.8 Å². The molecule has 0 aromatic rings. The van der Waals surface area contributed by atoms with Gasteiger partial charge in [0.2, 0.25) is 5.91 Å². The maximum Gasteiger partial charge on any atom is 0.237 e. The van der Waals surface area contributed by atoms with Crippen molar-refractivity contribution >= 4 is 17.7 Å². The van der Waals surface area contributed by atoms with Gasteiger partial charge in [-0.25, -0.2) is 0 Å². The van der Waals surface area contributed by atoms with Crippen molar-refractivity contribution in [1.29, 1.82) is 0 Å². The van der Waals surface area contributed by atoms with Crippen LogP contribution in [0.15, 0.2) is 0 Å². The summed E-state index contributed by atoms with van der Waals surface area (Å²) in [4.78, 5) is 13.0. The Morgan fingerprint density at radius 1 is 1.28 bits per heavy atom. The van der Waals surface area contributed by atoms with Gasteiger partial charge in [0.05, 0.1) is 12.1 Å². The molecule has 3 unspecified atom stereocenters. The number of aliphatic hydroxyl groups excluding tert-OH is 3. The predicted molar refractivity (Wildman–Crippen MR) is 113 cm³/mol. The zero-order valence-corrected chi connectivity index (χ0v) is 18.7. The van der Waals surface area contributed by atoms with Gasteiger partial charge in [-0.3, -0.25) is 4.79 Å². The van der Waals surface area contributed by atoms with Crippen LogP contribution in [0.2, 0.25) is 0 Å². The van der Waals surface area contributed by atoms with Gasteiger partial charge >= 0.3 is 0 Å². The molecule has 0 radical (unpaired) electrons. The lowest BCUT2D eigenvalue weighted by molar-refractivity contribution is -0.208. The maximum absolute atomic E-state index is 13.0. The van der Waals surface area contributed by atoms with Crippen LogP contribution in [-0.4, -0.2) is 89.7 Å². The Bertz CT molecular complexity index is 509. The molecule has 0 aromatic carbocycles. The van der Waals surface area contributed by atoms with Gasteiger partial charge in [0.1, 0.15) is 29.9 Å². The Morgan fingerprint density at radius 2 is 2.00 bits per heavy atom. The first-order chi connectivity index (χ1) is 13.8. The quantitative estimate of drug-likeness (QED) is 0.324. The summed E-state index contributed by atoms with van der Waals surface area (Å²) in [5.41, 5.74) is -0.658. The van der Waals surface area contributed by atoms with Crippen molar-refractivity contribution in [2.75, 3.05) is 26.5 Å². The van der Waals surface area contributed by atoms with Crippen molar-refractivity contribution in [2.24, 2.45) is 11.8 Å². The summed E-state index contributed by atoms with van der Waals surface area (Å²) < 4.78 is 11.0. The summed E-state index contributed by atoms with van der Waals surface area (Å²) in [5.74, 6) is 0.343. The highest BCUT2D eigenvalue weighted by molar-refractivity contribution is 7.99. The standard InChI is InChI=1S/C20H38N2O6S/c1-11(2)14(18-16(24)15(23)17(25)20(28-18)29-4)22-19(26)13-10-12(7-8-21-13)6-5-9-27-3/h11-18,20-21,23-25H,5-10H2,1-4H3,(H,22,26)/t12?,13?,14?,15-,16+,17+,18+,20+/m1/s1. The number of rotatable bonds is 9. The minimum atomic E-state index is -1.32. The van der Waals surface area contributed by atoms with Crippen molar-refractivity contribution in [3.05, 3.63) is 0 Å². The third-order valence-electron chi connectivity index (χ3n) is 6.01. The van der Waals surface area contributed by atoms with E-state index < -0.39 is 35.9 Å². The summed E-state index contributed by atoms with van der Waals surface area (Å²) in [5, 5.41) is 37.2. The van der Waals surface area contributed by atoms with Crippen molar-refractivity contribution in [3.8, 4) is 0 Å². The Balaban J connectivity index is 2.01. The number of amides is 1. The molecule has 1 amide bonds. The van der Waals surface area contributed by atoms with Gasteiger partial charge < -0.3 is 35.4 Å². The highest BCUT2D eigenvalue weighted by Gasteiger charge is 2.47. The topological polar surface area (TPSA) is 120 Å². The normalized spacial score (nSPS) is 36.8. The number of carbonyl (C=O) groups is 1. The van der Waals surface area contributed by atoms with Gasteiger partial charge in [0.25, 0.3) is 0 Å². The number of methoxy groups -OCH3 is 1. The number of piperidine rings is 1. The largest absolute Gasteiger partial charge is 0.388 e. The number of hydrogen-bond donors (Lipinski definition) is 5. The third-order valence-corrected chi connectivity index (χ3v) is 6.86. The second-order valence-electron chi connectivity index (χ2n) is 8.49. The predicted octanol–water partition coefficient (Wildman–Crippen LogP) is 0.0926. The molecule has 2 saturated heterocycles. The average molecular weight is 435 g/mol. The van der Waals surface area contributed by atoms with Crippen LogP contribution in [0.1, 0.15) is 39.5 Å². The SMILES string of the molecule is COCCCC1CCNC(C(=O)NC(C(C)C)[C@@H]2O[C@@H](SC)[C@@H](O)[C@H](O)[C@@H]2O)C1. The van der Waals surface area contributed by atoms with Gasteiger partial charge in [-0.1, -0.05) is 13.8 Å². The molecule has 9 heteroatoms. The molecular weight excluding hydrogens is 396 g/mol. The van der Waals surface area contributed by atoms with Crippen LogP contribution in [0.5, 0.6) is 0 Å². The van der Waals surface area contributed by atoms with E-state index >= 15 is 0 Å². The number of carbonyl (C=O) groups excluding carboxylic acids is 1. The summed E-state index contributed by atoms with van der Waals surface area (Å²) in [6.07, 6.45) is 1.05. The van der Waals surface area contributed by atoms with Crippen LogP contribution >= 0.6 is 11.8 Å². The summed E-state index contributed by atoms with van der Waals surface area (Å²) in [6, 6.07) is -0.768. The van der Waals surface area contributed by atoms with Gasteiger partial charge in [-0.15, -0.1) is 11.8 Å². The number of hydrogen-bond acceptors (Lipinski definition) is 8. The second kappa shape index (κ2) is 11.8. The van der Waals surface area contributed by atoms with Crippen LogP contribution in [0.3, 0.4) is 0 Å². The molecule has 8 atom stereocenters. The molecule has 0 spiro atoms. The molecule has 0 aliphatic carbocycles. The first kappa shape index (κ1) is 24.8. The second-order valence-corrected chi connectivity index (χ2v) is 9.42. The zero-order chi connectivity index (χ0) is 21.6. The van der Waals surface area contributed by atoms with Crippen LogP contribution in [0.25, 0.3) is 0 Å². The zero-order valence-electron chi connectivity index (χ0n) is 17.9. The van der Waals surface area contributed by atoms with E-state index in [-0.39, 0.29) is 17.9 Å². The number of nitrogens with one attached hydrogen (secondary N) is 2. The Morgan fingerprint density at radius 3 is 2.62 bits per heavy atom. The van der Waals surface area contributed by atoms with E-state index in [2.05, 4.69) is 10.6 Å². The highest BCUT2D eigenvalue weighted by Crippen LogP contribution is 2.30. The number of ether oxygens (including phenoxy) is 2. The molecule has 2 fully saturated rings. The number of aliphatic hydroxyl groups is 3. The lowest BCUT2D eigenvalue weighted by Gasteiger charge is -2.44. The molecule has 170 valence electrons. The van der Waals surface area contributed by atoms with Gasteiger partial charge in [-0.05, 0) is 50.3 Å². The van der Waals surface area contributed by atoms with E-state index in [0.29, 0.717) is 5.92 Å². The van der Waals surface area contributed by atoms with Crippen LogP contribution in [0.4, 0.5) is 0 Å².